The molecule has 0 radical (unpaired) electrons. The zero-order valence-corrected chi connectivity index (χ0v) is 14.8. The largest absolute Gasteiger partial charge is 0.497 e. The Bertz CT molecular complexity index is 839. The van der Waals surface area contributed by atoms with Gasteiger partial charge in [-0.25, -0.2) is 4.98 Å². The molecule has 0 fully saturated rings. The summed E-state index contributed by atoms with van der Waals surface area (Å²) in [6, 6.07) is 10.9. The molecular formula is C16H13BrN2O3S. The molecule has 0 bridgehead atoms. The molecule has 5 nitrogen and oxygen atoms in total. The van der Waals surface area contributed by atoms with Crippen molar-refractivity contribution in [3.8, 4) is 17.0 Å². The maximum atomic E-state index is 12.1. The topological polar surface area (TPSA) is 64.4 Å². The summed E-state index contributed by atoms with van der Waals surface area (Å²) in [4.78, 5) is 17.6. The molecule has 0 aliphatic rings. The predicted octanol–water partition coefficient (Wildman–Crippen LogP) is 4.73. The van der Waals surface area contributed by atoms with Gasteiger partial charge in [-0.2, -0.15) is 0 Å². The van der Waals surface area contributed by atoms with Crippen LogP contribution < -0.4 is 10.1 Å². The second-order valence-electron chi connectivity index (χ2n) is 4.71. The van der Waals surface area contributed by atoms with E-state index < -0.39 is 0 Å². The average molecular weight is 393 g/mol. The summed E-state index contributed by atoms with van der Waals surface area (Å²) in [6.45, 7) is 1.97. The lowest BCUT2D eigenvalue weighted by Crippen LogP contribution is -2.10. The number of anilines is 1. The Morgan fingerprint density at radius 2 is 2.00 bits per heavy atom. The fourth-order valence-electron chi connectivity index (χ4n) is 2.06. The first-order chi connectivity index (χ1) is 11.1. The molecule has 118 valence electrons. The number of benzene rings is 1. The van der Waals surface area contributed by atoms with E-state index in [1.807, 2.05) is 31.2 Å². The van der Waals surface area contributed by atoms with Crippen molar-refractivity contribution in [2.75, 3.05) is 12.4 Å². The van der Waals surface area contributed by atoms with E-state index in [0.29, 0.717) is 9.80 Å². The fraction of sp³-hybridized carbons (Fsp3) is 0.125. The van der Waals surface area contributed by atoms with Crippen LogP contribution >= 0.6 is 27.3 Å². The highest BCUT2D eigenvalue weighted by Gasteiger charge is 2.15. The summed E-state index contributed by atoms with van der Waals surface area (Å²) in [5.74, 6) is 0.694. The van der Waals surface area contributed by atoms with Gasteiger partial charge in [0.15, 0.2) is 15.6 Å². The summed E-state index contributed by atoms with van der Waals surface area (Å²) in [5, 5.41) is 3.29. The lowest BCUT2D eigenvalue weighted by molar-refractivity contribution is 0.0995. The first-order valence-corrected chi connectivity index (χ1v) is 8.36. The number of hydrogen-bond acceptors (Lipinski definition) is 5. The van der Waals surface area contributed by atoms with Crippen LogP contribution in [-0.2, 0) is 0 Å². The van der Waals surface area contributed by atoms with E-state index in [4.69, 9.17) is 9.15 Å². The summed E-state index contributed by atoms with van der Waals surface area (Å²) < 4.78 is 10.9. The van der Waals surface area contributed by atoms with Crippen molar-refractivity contribution < 1.29 is 13.9 Å². The number of nitrogens with one attached hydrogen (secondary N) is 1. The number of rotatable bonds is 4. The Morgan fingerprint density at radius 1 is 1.26 bits per heavy atom. The van der Waals surface area contributed by atoms with Crippen LogP contribution in [0.5, 0.6) is 5.75 Å². The lowest BCUT2D eigenvalue weighted by atomic mass is 10.1. The number of amides is 1. The molecule has 23 heavy (non-hydrogen) atoms. The molecule has 3 rings (SSSR count). The fourth-order valence-corrected chi connectivity index (χ4v) is 3.20. The Balaban J connectivity index is 1.81. The van der Waals surface area contributed by atoms with E-state index >= 15 is 0 Å². The number of methoxy groups -OCH3 is 1. The van der Waals surface area contributed by atoms with Gasteiger partial charge in [0.1, 0.15) is 5.75 Å². The molecule has 0 atom stereocenters. The van der Waals surface area contributed by atoms with Crippen molar-refractivity contribution in [2.45, 2.75) is 6.92 Å². The van der Waals surface area contributed by atoms with Gasteiger partial charge in [-0.15, -0.1) is 11.3 Å². The van der Waals surface area contributed by atoms with E-state index in [9.17, 15) is 4.79 Å². The molecule has 0 unspecified atom stereocenters. The summed E-state index contributed by atoms with van der Waals surface area (Å²) >= 11 is 4.60. The third-order valence-corrected chi connectivity index (χ3v) is 4.49. The van der Waals surface area contributed by atoms with Crippen LogP contribution in [0.25, 0.3) is 11.3 Å². The van der Waals surface area contributed by atoms with E-state index in [-0.39, 0.29) is 11.7 Å². The maximum Gasteiger partial charge on any atom is 0.293 e. The van der Waals surface area contributed by atoms with Gasteiger partial charge in [-0.1, -0.05) is 0 Å². The maximum absolute atomic E-state index is 12.1. The first kappa shape index (κ1) is 15.8. The predicted molar refractivity (Wildman–Crippen MR) is 93.2 cm³/mol. The minimum absolute atomic E-state index is 0.232. The number of aryl methyl sites for hydroxylation is 1. The Hall–Kier alpha value is -2.12. The van der Waals surface area contributed by atoms with Crippen LogP contribution in [0.15, 0.2) is 45.5 Å². The van der Waals surface area contributed by atoms with Crippen LogP contribution in [0.1, 0.15) is 15.4 Å². The van der Waals surface area contributed by atoms with Crippen molar-refractivity contribution >= 4 is 38.3 Å². The van der Waals surface area contributed by atoms with E-state index in [1.54, 1.807) is 19.2 Å². The van der Waals surface area contributed by atoms with E-state index in [2.05, 4.69) is 26.2 Å². The number of nitrogens with zero attached hydrogens (tertiary/aromatic N) is 1. The summed E-state index contributed by atoms with van der Waals surface area (Å²) in [5.41, 5.74) is 1.81. The van der Waals surface area contributed by atoms with Crippen LogP contribution in [-0.4, -0.2) is 18.0 Å². The molecule has 0 saturated carbocycles. The Kier molecular flexibility index (Phi) is 4.49. The molecule has 0 aliphatic heterocycles. The van der Waals surface area contributed by atoms with Gasteiger partial charge < -0.3 is 9.15 Å². The van der Waals surface area contributed by atoms with Gasteiger partial charge in [-0.3, -0.25) is 10.1 Å². The van der Waals surface area contributed by atoms with Crippen molar-refractivity contribution in [3.63, 3.8) is 0 Å². The zero-order valence-electron chi connectivity index (χ0n) is 12.4. The second kappa shape index (κ2) is 6.55. The molecule has 1 N–H and O–H groups in total. The number of halogens is 1. The van der Waals surface area contributed by atoms with Gasteiger partial charge in [0, 0.05) is 10.4 Å². The van der Waals surface area contributed by atoms with Crippen LogP contribution in [0.2, 0.25) is 0 Å². The first-order valence-electron chi connectivity index (χ1n) is 6.75. The van der Waals surface area contributed by atoms with Crippen molar-refractivity contribution in [1.82, 2.24) is 4.98 Å². The quantitative estimate of drug-likeness (QED) is 0.696. The van der Waals surface area contributed by atoms with Gasteiger partial charge in [0.25, 0.3) is 5.91 Å². The Morgan fingerprint density at radius 3 is 2.61 bits per heavy atom. The van der Waals surface area contributed by atoms with Gasteiger partial charge in [0.05, 0.1) is 12.8 Å². The van der Waals surface area contributed by atoms with Crippen molar-refractivity contribution in [3.05, 3.63) is 51.7 Å². The SMILES string of the molecule is COc1ccc(-c2nc(NC(=O)c3ccc(Br)o3)sc2C)cc1. The monoisotopic (exact) mass is 392 g/mol. The minimum Gasteiger partial charge on any atom is -0.497 e. The lowest BCUT2D eigenvalue weighted by Gasteiger charge is -2.01. The molecule has 0 saturated heterocycles. The van der Waals surface area contributed by atoms with Gasteiger partial charge in [0.2, 0.25) is 0 Å². The molecule has 7 heteroatoms. The molecule has 0 spiro atoms. The second-order valence-corrected chi connectivity index (χ2v) is 6.69. The van der Waals surface area contributed by atoms with Crippen LogP contribution in [0.3, 0.4) is 0 Å². The highest BCUT2D eigenvalue weighted by atomic mass is 79.9. The molecule has 3 aromatic rings. The number of thiazole rings is 1. The summed E-state index contributed by atoms with van der Waals surface area (Å²) in [7, 11) is 1.63. The highest BCUT2D eigenvalue weighted by molar-refractivity contribution is 9.10. The minimum atomic E-state index is -0.328. The number of carbonyl (C=O) groups is 1. The third kappa shape index (κ3) is 3.46. The number of hydrogen-bond donors (Lipinski definition) is 1. The number of ether oxygens (including phenoxy) is 1. The zero-order chi connectivity index (χ0) is 16.4. The van der Waals surface area contributed by atoms with Crippen molar-refractivity contribution in [2.24, 2.45) is 0 Å². The third-order valence-electron chi connectivity index (χ3n) is 3.18. The van der Waals surface area contributed by atoms with Gasteiger partial charge >= 0.3 is 0 Å². The van der Waals surface area contributed by atoms with E-state index in [1.165, 1.54) is 11.3 Å². The molecule has 1 amide bonds. The normalized spacial score (nSPS) is 10.6. The highest BCUT2D eigenvalue weighted by Crippen LogP contribution is 2.31. The number of carbonyl (C=O) groups excluding carboxylic acids is 1. The smallest absolute Gasteiger partial charge is 0.293 e. The standard InChI is InChI=1S/C16H13BrN2O3S/c1-9-14(10-3-5-11(21-2)6-4-10)18-16(23-9)19-15(20)12-7-8-13(17)22-12/h3-8H,1-2H3,(H,18,19,20). The molecule has 2 heterocycles. The molecule has 1 aromatic carbocycles. The number of furan rings is 1. The Labute approximate surface area is 145 Å². The van der Waals surface area contributed by atoms with Crippen molar-refractivity contribution in [1.29, 1.82) is 0 Å². The van der Waals surface area contributed by atoms with E-state index in [0.717, 1.165) is 21.9 Å². The van der Waals surface area contributed by atoms with Crippen LogP contribution in [0, 0.1) is 6.92 Å². The van der Waals surface area contributed by atoms with Gasteiger partial charge in [-0.05, 0) is 59.3 Å². The van der Waals surface area contributed by atoms with Crippen LogP contribution in [0.4, 0.5) is 5.13 Å². The summed E-state index contributed by atoms with van der Waals surface area (Å²) in [6.07, 6.45) is 0. The average Bonchev–Trinajstić information content (AvgIpc) is 3.13. The molecule has 0 aliphatic carbocycles. The molecule has 2 aromatic heterocycles. The number of aromatic nitrogens is 1. The molecular weight excluding hydrogens is 380 g/mol.